The lowest BCUT2D eigenvalue weighted by atomic mass is 9.94. The van der Waals surface area contributed by atoms with Gasteiger partial charge < -0.3 is 20.1 Å². The molecule has 0 atom stereocenters. The van der Waals surface area contributed by atoms with Crippen LogP contribution in [0.1, 0.15) is 37.9 Å². The summed E-state index contributed by atoms with van der Waals surface area (Å²) >= 11 is 0. The highest BCUT2D eigenvalue weighted by molar-refractivity contribution is 5.86. The van der Waals surface area contributed by atoms with Crippen LogP contribution >= 0.6 is 0 Å². The summed E-state index contributed by atoms with van der Waals surface area (Å²) in [5.41, 5.74) is 3.05. The van der Waals surface area contributed by atoms with Gasteiger partial charge in [-0.1, -0.05) is 0 Å². The lowest BCUT2D eigenvalue weighted by Gasteiger charge is -2.35. The van der Waals surface area contributed by atoms with Crippen LogP contribution in [0, 0.1) is 11.7 Å². The molecule has 0 saturated carbocycles. The van der Waals surface area contributed by atoms with E-state index < -0.39 is 0 Å². The molecule has 0 unspecified atom stereocenters. The maximum Gasteiger partial charge on any atom is 0.317 e. The number of nitrogens with one attached hydrogen (secondary N) is 2. The molecule has 4 rings (SSSR count). The van der Waals surface area contributed by atoms with Crippen LogP contribution in [0.2, 0.25) is 0 Å². The number of piperidine rings is 1. The van der Waals surface area contributed by atoms with Crippen LogP contribution < -0.4 is 5.32 Å². The van der Waals surface area contributed by atoms with Gasteiger partial charge in [0.25, 0.3) is 0 Å². The van der Waals surface area contributed by atoms with E-state index in [4.69, 9.17) is 0 Å². The lowest BCUT2D eigenvalue weighted by molar-refractivity contribution is -0.137. The fourth-order valence-corrected chi connectivity index (χ4v) is 4.30. The molecule has 3 amide bonds. The molecular formula is C21H27FN4O2. The first-order valence-corrected chi connectivity index (χ1v) is 10.1. The zero-order chi connectivity index (χ0) is 19.8. The Bertz CT molecular complexity index is 899. The SMILES string of the molecule is CC(C)NC(=O)N1CCC(C(=O)N2CCc3[nH]c4ccc(F)cc4c3C2)CC1. The highest BCUT2D eigenvalue weighted by Crippen LogP contribution is 2.30. The second-order valence-electron chi connectivity index (χ2n) is 8.15. The molecular weight excluding hydrogens is 359 g/mol. The average Bonchev–Trinajstić information content (AvgIpc) is 3.04. The first-order valence-electron chi connectivity index (χ1n) is 10.1. The smallest absolute Gasteiger partial charge is 0.317 e. The minimum absolute atomic E-state index is 0.0495. The molecule has 7 heteroatoms. The Kier molecular flexibility index (Phi) is 5.00. The van der Waals surface area contributed by atoms with Crippen LogP contribution in [0.25, 0.3) is 10.9 Å². The van der Waals surface area contributed by atoms with Gasteiger partial charge in [-0.05, 0) is 44.9 Å². The number of rotatable bonds is 2. The van der Waals surface area contributed by atoms with E-state index in [1.807, 2.05) is 18.7 Å². The van der Waals surface area contributed by atoms with Crippen LogP contribution in [0.4, 0.5) is 9.18 Å². The van der Waals surface area contributed by atoms with Crippen molar-refractivity contribution in [1.29, 1.82) is 0 Å². The average molecular weight is 386 g/mol. The van der Waals surface area contributed by atoms with Gasteiger partial charge in [-0.3, -0.25) is 4.79 Å². The van der Waals surface area contributed by atoms with Crippen molar-refractivity contribution in [2.75, 3.05) is 19.6 Å². The van der Waals surface area contributed by atoms with Gasteiger partial charge in [0.1, 0.15) is 5.82 Å². The second kappa shape index (κ2) is 7.45. The largest absolute Gasteiger partial charge is 0.358 e. The van der Waals surface area contributed by atoms with Crippen LogP contribution in [-0.2, 0) is 17.8 Å². The summed E-state index contributed by atoms with van der Waals surface area (Å²) in [5, 5.41) is 3.78. The summed E-state index contributed by atoms with van der Waals surface area (Å²) in [7, 11) is 0. The number of aromatic amines is 1. The Morgan fingerprint density at radius 3 is 2.64 bits per heavy atom. The van der Waals surface area contributed by atoms with Crippen molar-refractivity contribution in [2.24, 2.45) is 5.92 Å². The number of carbonyl (C=O) groups excluding carboxylic acids is 2. The molecule has 0 bridgehead atoms. The Morgan fingerprint density at radius 2 is 1.93 bits per heavy atom. The van der Waals surface area contributed by atoms with Gasteiger partial charge in [0.15, 0.2) is 0 Å². The number of nitrogens with zero attached hydrogens (tertiary/aromatic N) is 2. The molecule has 1 saturated heterocycles. The fraction of sp³-hybridized carbons (Fsp3) is 0.524. The number of aromatic nitrogens is 1. The molecule has 28 heavy (non-hydrogen) atoms. The van der Waals surface area contributed by atoms with E-state index in [0.29, 0.717) is 39.0 Å². The number of hydrogen-bond donors (Lipinski definition) is 2. The first kappa shape index (κ1) is 18.8. The number of halogens is 1. The highest BCUT2D eigenvalue weighted by Gasteiger charge is 2.32. The predicted molar refractivity (Wildman–Crippen MR) is 105 cm³/mol. The number of likely N-dealkylation sites (tertiary alicyclic amines) is 1. The third-order valence-corrected chi connectivity index (χ3v) is 5.79. The van der Waals surface area contributed by atoms with Gasteiger partial charge in [0.05, 0.1) is 0 Å². The monoisotopic (exact) mass is 386 g/mol. The van der Waals surface area contributed by atoms with Crippen molar-refractivity contribution in [1.82, 2.24) is 20.1 Å². The Balaban J connectivity index is 1.41. The number of carbonyl (C=O) groups is 2. The zero-order valence-corrected chi connectivity index (χ0v) is 16.4. The molecule has 1 fully saturated rings. The van der Waals surface area contributed by atoms with Gasteiger partial charge in [-0.25, -0.2) is 9.18 Å². The van der Waals surface area contributed by atoms with Crippen LogP contribution in [0.15, 0.2) is 18.2 Å². The van der Waals surface area contributed by atoms with Gasteiger partial charge in [0, 0.05) is 66.7 Å². The molecule has 2 aliphatic heterocycles. The number of benzene rings is 1. The van der Waals surface area contributed by atoms with E-state index in [1.54, 1.807) is 17.0 Å². The molecule has 2 aromatic rings. The number of urea groups is 1. The summed E-state index contributed by atoms with van der Waals surface area (Å²) in [6, 6.07) is 4.81. The van der Waals surface area contributed by atoms with Crippen molar-refractivity contribution in [3.63, 3.8) is 0 Å². The van der Waals surface area contributed by atoms with Crippen molar-refractivity contribution < 1.29 is 14.0 Å². The minimum atomic E-state index is -0.259. The van der Waals surface area contributed by atoms with E-state index in [9.17, 15) is 14.0 Å². The van der Waals surface area contributed by atoms with Gasteiger partial charge >= 0.3 is 6.03 Å². The molecule has 150 valence electrons. The van der Waals surface area contributed by atoms with E-state index >= 15 is 0 Å². The fourth-order valence-electron chi connectivity index (χ4n) is 4.30. The normalized spacial score (nSPS) is 17.9. The van der Waals surface area contributed by atoms with E-state index in [0.717, 1.165) is 28.6 Å². The molecule has 0 aliphatic carbocycles. The predicted octanol–water partition coefficient (Wildman–Crippen LogP) is 3.02. The Labute approximate surface area is 164 Å². The third kappa shape index (κ3) is 3.57. The topological polar surface area (TPSA) is 68.4 Å². The van der Waals surface area contributed by atoms with Crippen LogP contribution in [0.5, 0.6) is 0 Å². The number of H-pyrrole nitrogens is 1. The van der Waals surface area contributed by atoms with Gasteiger partial charge in [-0.15, -0.1) is 0 Å². The van der Waals surface area contributed by atoms with Crippen molar-refractivity contribution in [2.45, 2.75) is 45.7 Å². The van der Waals surface area contributed by atoms with Crippen molar-refractivity contribution in [3.8, 4) is 0 Å². The minimum Gasteiger partial charge on any atom is -0.358 e. The van der Waals surface area contributed by atoms with E-state index in [1.165, 1.54) is 6.07 Å². The third-order valence-electron chi connectivity index (χ3n) is 5.79. The number of amides is 3. The molecule has 3 heterocycles. The Morgan fingerprint density at radius 1 is 1.18 bits per heavy atom. The summed E-state index contributed by atoms with van der Waals surface area (Å²) in [6.45, 7) is 6.28. The maximum atomic E-state index is 13.7. The lowest BCUT2D eigenvalue weighted by Crippen LogP contribution is -2.49. The second-order valence-corrected chi connectivity index (χ2v) is 8.15. The summed E-state index contributed by atoms with van der Waals surface area (Å²) in [4.78, 5) is 32.2. The molecule has 1 aromatic carbocycles. The summed E-state index contributed by atoms with van der Waals surface area (Å²) in [5.74, 6) is -0.156. The van der Waals surface area contributed by atoms with E-state index in [-0.39, 0.29) is 29.7 Å². The first-order chi connectivity index (χ1) is 13.4. The maximum absolute atomic E-state index is 13.7. The standard InChI is InChI=1S/C21H27FN4O2/c1-13(2)23-21(28)25-8-5-14(6-9-25)20(27)26-10-7-19-17(12-26)16-11-15(22)3-4-18(16)24-19/h3-4,11,13-14,24H,5-10,12H2,1-2H3,(H,23,28). The zero-order valence-electron chi connectivity index (χ0n) is 16.4. The van der Waals surface area contributed by atoms with Crippen molar-refractivity contribution >= 4 is 22.8 Å². The number of hydrogen-bond acceptors (Lipinski definition) is 2. The molecule has 0 spiro atoms. The highest BCUT2D eigenvalue weighted by atomic mass is 19.1. The Hall–Kier alpha value is -2.57. The van der Waals surface area contributed by atoms with Crippen LogP contribution in [0.3, 0.4) is 0 Å². The molecule has 1 aromatic heterocycles. The molecule has 0 radical (unpaired) electrons. The summed E-state index contributed by atoms with van der Waals surface area (Å²) < 4.78 is 13.7. The van der Waals surface area contributed by atoms with E-state index in [2.05, 4.69) is 10.3 Å². The van der Waals surface area contributed by atoms with Crippen molar-refractivity contribution in [3.05, 3.63) is 35.3 Å². The van der Waals surface area contributed by atoms with Gasteiger partial charge in [0.2, 0.25) is 5.91 Å². The number of fused-ring (bicyclic) bond motifs is 3. The molecule has 2 N–H and O–H groups in total. The van der Waals surface area contributed by atoms with Crippen LogP contribution in [-0.4, -0.2) is 52.4 Å². The molecule has 6 nitrogen and oxygen atoms in total. The summed E-state index contributed by atoms with van der Waals surface area (Å²) in [6.07, 6.45) is 2.14. The van der Waals surface area contributed by atoms with Gasteiger partial charge in [-0.2, -0.15) is 0 Å². The molecule has 2 aliphatic rings. The quantitative estimate of drug-likeness (QED) is 0.833.